The minimum absolute atomic E-state index is 0.0738. The van der Waals surface area contributed by atoms with Gasteiger partial charge in [-0.05, 0) is 43.6 Å². The summed E-state index contributed by atoms with van der Waals surface area (Å²) in [4.78, 5) is 28.7. The minimum atomic E-state index is -3.90. The molecule has 39 heavy (non-hydrogen) atoms. The molecule has 1 aromatic rings. The molecule has 14 nitrogen and oxygen atoms in total. The van der Waals surface area contributed by atoms with Gasteiger partial charge in [-0.3, -0.25) is 20.4 Å². The first-order valence-corrected chi connectivity index (χ1v) is 14.6. The zero-order valence-corrected chi connectivity index (χ0v) is 22.6. The van der Waals surface area contributed by atoms with Crippen molar-refractivity contribution >= 4 is 33.8 Å². The third-order valence-electron chi connectivity index (χ3n) is 6.94. The normalized spacial score (nSPS) is 22.5. The number of carbonyl (C=O) groups excluding carboxylic acids is 2. The van der Waals surface area contributed by atoms with Crippen molar-refractivity contribution in [1.82, 2.24) is 25.2 Å². The number of hydrogen-bond donors (Lipinski definition) is 8. The largest absolute Gasteiger partial charge is 0.371 e. The van der Waals surface area contributed by atoms with E-state index in [0.717, 1.165) is 12.8 Å². The van der Waals surface area contributed by atoms with E-state index in [-0.39, 0.29) is 30.0 Å². The van der Waals surface area contributed by atoms with Crippen LogP contribution in [0.1, 0.15) is 37.7 Å². The summed E-state index contributed by atoms with van der Waals surface area (Å²) < 4.78 is 28.4. The molecule has 0 radical (unpaired) electrons. The van der Waals surface area contributed by atoms with Crippen LogP contribution in [0.2, 0.25) is 0 Å². The van der Waals surface area contributed by atoms with Gasteiger partial charge in [-0.15, -0.1) is 0 Å². The quantitative estimate of drug-likeness (QED) is 0.120. The summed E-state index contributed by atoms with van der Waals surface area (Å²) in [6, 6.07) is 6.77. The fourth-order valence-electron chi connectivity index (χ4n) is 5.01. The van der Waals surface area contributed by atoms with Gasteiger partial charge in [0.1, 0.15) is 12.3 Å². The molecule has 2 fully saturated rings. The van der Waals surface area contributed by atoms with Gasteiger partial charge in [0.15, 0.2) is 11.9 Å². The van der Waals surface area contributed by atoms with E-state index in [2.05, 4.69) is 15.4 Å². The molecule has 3 rings (SSSR count). The molecule has 10 N–H and O–H groups in total. The zero-order valence-electron chi connectivity index (χ0n) is 21.8. The van der Waals surface area contributed by atoms with Crippen LogP contribution in [0.15, 0.2) is 30.3 Å². The molecule has 2 aliphatic heterocycles. The highest BCUT2D eigenvalue weighted by Crippen LogP contribution is 2.22. The molecule has 2 saturated heterocycles. The molecule has 4 atom stereocenters. The number of likely N-dealkylation sites (tertiary alicyclic amines) is 2. The monoisotopic (exact) mass is 565 g/mol. The molecule has 216 valence electrons. The summed E-state index contributed by atoms with van der Waals surface area (Å²) in [6.45, 7) is 1.01. The number of benzene rings is 1. The Morgan fingerprint density at radius 2 is 1.77 bits per heavy atom. The van der Waals surface area contributed by atoms with Gasteiger partial charge in [0.25, 0.3) is 0 Å². The zero-order chi connectivity index (χ0) is 28.6. The molecule has 1 aromatic carbocycles. The van der Waals surface area contributed by atoms with Crippen molar-refractivity contribution in [1.29, 1.82) is 10.8 Å². The third kappa shape index (κ3) is 9.07. The van der Waals surface area contributed by atoms with Crippen molar-refractivity contribution in [3.63, 3.8) is 0 Å². The number of amides is 2. The first kappa shape index (κ1) is 30.1. The predicted octanol–water partition coefficient (Wildman–Crippen LogP) is -1.62. The standard InChI is InChI=1S/C24H39N9O5S/c25-23(26)32-10-4-8-17(14-32)12-19(31-39(37,38)15-16-6-2-1-3-7-16)21(35)29-13-20(34)30-18-9-5-11-33(22(18)36)24(27)28/h1-3,6-7,17-19,22,31,36H,4-5,8-15H2,(H3,25,26)(H3,27,28)(H,29,35)(H,30,34)/t17?,18-,19+,22-/m0/s1. The number of aliphatic hydroxyl groups is 1. The number of hydrogen-bond acceptors (Lipinski definition) is 7. The van der Waals surface area contributed by atoms with E-state index >= 15 is 0 Å². The smallest absolute Gasteiger partial charge is 0.239 e. The van der Waals surface area contributed by atoms with Crippen LogP contribution in [0.25, 0.3) is 0 Å². The number of piperidine rings is 2. The third-order valence-corrected chi connectivity index (χ3v) is 8.30. The maximum Gasteiger partial charge on any atom is 0.239 e. The van der Waals surface area contributed by atoms with Gasteiger partial charge in [0.05, 0.1) is 18.3 Å². The molecule has 2 aliphatic rings. The summed E-state index contributed by atoms with van der Waals surface area (Å²) >= 11 is 0. The molecule has 2 heterocycles. The molecule has 0 saturated carbocycles. The Morgan fingerprint density at radius 1 is 1.08 bits per heavy atom. The van der Waals surface area contributed by atoms with Crippen molar-refractivity contribution in [3.05, 3.63) is 35.9 Å². The number of rotatable bonds is 10. The Hall–Kier alpha value is -3.43. The fourth-order valence-corrected chi connectivity index (χ4v) is 6.36. The second-order valence-electron chi connectivity index (χ2n) is 10.0. The number of nitrogens with zero attached hydrogens (tertiary/aromatic N) is 2. The van der Waals surface area contributed by atoms with Crippen LogP contribution < -0.4 is 26.8 Å². The van der Waals surface area contributed by atoms with E-state index < -0.39 is 46.7 Å². The highest BCUT2D eigenvalue weighted by Gasteiger charge is 2.33. The van der Waals surface area contributed by atoms with Crippen LogP contribution in [-0.2, 0) is 25.4 Å². The first-order chi connectivity index (χ1) is 18.4. The number of nitrogens with one attached hydrogen (secondary N) is 5. The van der Waals surface area contributed by atoms with Crippen LogP contribution in [0, 0.1) is 16.7 Å². The van der Waals surface area contributed by atoms with Crippen molar-refractivity contribution in [2.45, 2.75) is 56.2 Å². The van der Waals surface area contributed by atoms with E-state index in [1.807, 2.05) is 0 Å². The number of guanidine groups is 2. The van der Waals surface area contributed by atoms with Gasteiger partial charge in [0.2, 0.25) is 21.8 Å². The summed E-state index contributed by atoms with van der Waals surface area (Å²) in [5, 5.41) is 30.8. The molecular weight excluding hydrogens is 526 g/mol. The average molecular weight is 566 g/mol. The van der Waals surface area contributed by atoms with Crippen molar-refractivity contribution in [3.8, 4) is 0 Å². The van der Waals surface area contributed by atoms with Gasteiger partial charge in [0, 0.05) is 19.6 Å². The molecule has 0 aromatic heterocycles. The maximum absolute atomic E-state index is 13.2. The van der Waals surface area contributed by atoms with Crippen molar-refractivity contribution in [2.24, 2.45) is 17.4 Å². The SMILES string of the molecule is N=C(N)N1CCCC(C[C@@H](NS(=O)(=O)Cc2ccccc2)C(=O)NCC(=O)N[C@H]2CCCN(C(=N)N)[C@H]2O)C1. The van der Waals surface area contributed by atoms with Gasteiger partial charge in [-0.1, -0.05) is 30.3 Å². The van der Waals surface area contributed by atoms with Gasteiger partial charge < -0.3 is 37.0 Å². The van der Waals surface area contributed by atoms with Gasteiger partial charge in [-0.25, -0.2) is 13.1 Å². The minimum Gasteiger partial charge on any atom is -0.371 e. The van der Waals surface area contributed by atoms with Gasteiger partial charge in [-0.2, -0.15) is 0 Å². The van der Waals surface area contributed by atoms with Crippen LogP contribution >= 0.6 is 0 Å². The lowest BCUT2D eigenvalue weighted by Crippen LogP contribution is -2.59. The molecule has 2 amide bonds. The van der Waals surface area contributed by atoms with E-state index in [4.69, 9.17) is 22.3 Å². The fraction of sp³-hybridized carbons (Fsp3) is 0.583. The van der Waals surface area contributed by atoms with Crippen LogP contribution in [0.3, 0.4) is 0 Å². The predicted molar refractivity (Wildman–Crippen MR) is 146 cm³/mol. The summed E-state index contributed by atoms with van der Waals surface area (Å²) in [7, 11) is -3.90. The average Bonchev–Trinajstić information content (AvgIpc) is 2.88. The Bertz CT molecular complexity index is 1130. The van der Waals surface area contributed by atoms with E-state index in [1.165, 1.54) is 4.90 Å². The Labute approximate surface area is 228 Å². The summed E-state index contributed by atoms with van der Waals surface area (Å²) in [6.07, 6.45) is 1.57. The molecule has 0 bridgehead atoms. The van der Waals surface area contributed by atoms with Crippen molar-refractivity contribution in [2.75, 3.05) is 26.2 Å². The second-order valence-corrected chi connectivity index (χ2v) is 11.8. The summed E-state index contributed by atoms with van der Waals surface area (Å²) in [5.74, 6) is -2.00. The maximum atomic E-state index is 13.2. The Morgan fingerprint density at radius 3 is 2.44 bits per heavy atom. The topological polar surface area (TPSA) is 231 Å². The lowest BCUT2D eigenvalue weighted by molar-refractivity contribution is -0.128. The Balaban J connectivity index is 1.64. The number of carbonyl (C=O) groups is 2. The van der Waals surface area contributed by atoms with Crippen LogP contribution in [0.5, 0.6) is 0 Å². The molecule has 15 heteroatoms. The molecular formula is C24H39N9O5S. The second kappa shape index (κ2) is 13.6. The number of aliphatic hydroxyl groups excluding tert-OH is 1. The first-order valence-electron chi connectivity index (χ1n) is 12.9. The highest BCUT2D eigenvalue weighted by molar-refractivity contribution is 7.88. The van der Waals surface area contributed by atoms with Gasteiger partial charge >= 0.3 is 0 Å². The molecule has 0 aliphatic carbocycles. The summed E-state index contributed by atoms with van der Waals surface area (Å²) in [5.41, 5.74) is 11.7. The van der Waals surface area contributed by atoms with E-state index in [0.29, 0.717) is 38.0 Å². The number of sulfonamides is 1. The van der Waals surface area contributed by atoms with E-state index in [1.54, 1.807) is 35.2 Å². The van der Waals surface area contributed by atoms with Crippen LogP contribution in [-0.4, -0.2) is 91.5 Å². The molecule has 1 unspecified atom stereocenters. The molecule has 0 spiro atoms. The van der Waals surface area contributed by atoms with Crippen LogP contribution in [0.4, 0.5) is 0 Å². The highest BCUT2D eigenvalue weighted by atomic mass is 32.2. The lowest BCUT2D eigenvalue weighted by Gasteiger charge is -2.38. The van der Waals surface area contributed by atoms with Crippen molar-refractivity contribution < 1.29 is 23.1 Å². The lowest BCUT2D eigenvalue weighted by atomic mass is 9.91. The number of nitrogens with two attached hydrogens (primary N) is 2. The Kier molecular flexibility index (Phi) is 10.5. The van der Waals surface area contributed by atoms with E-state index in [9.17, 15) is 23.1 Å².